The van der Waals surface area contributed by atoms with Gasteiger partial charge in [0.05, 0.1) is 4.47 Å². The highest BCUT2D eigenvalue weighted by Crippen LogP contribution is 2.31. The summed E-state index contributed by atoms with van der Waals surface area (Å²) in [4.78, 5) is 4.31. The fourth-order valence-corrected chi connectivity index (χ4v) is 3.06. The van der Waals surface area contributed by atoms with Crippen molar-refractivity contribution >= 4 is 43.6 Å². The molecule has 0 aliphatic carbocycles. The Labute approximate surface area is 114 Å². The molecule has 2 rings (SSSR count). The first-order valence-electron chi connectivity index (χ1n) is 4.43. The van der Waals surface area contributed by atoms with Crippen molar-refractivity contribution in [2.75, 3.05) is 0 Å². The van der Waals surface area contributed by atoms with Crippen LogP contribution in [-0.2, 0) is 7.05 Å². The van der Waals surface area contributed by atoms with Crippen molar-refractivity contribution in [3.05, 3.63) is 27.0 Å². The third kappa shape index (κ3) is 2.46. The molecule has 2 heterocycles. The highest BCUT2D eigenvalue weighted by atomic mass is 79.9. The Morgan fingerprint density at radius 2 is 2.06 bits per heavy atom. The maximum Gasteiger partial charge on any atom is 0.197 e. The average Bonchev–Trinajstić information content (AvgIpc) is 2.54. The number of rotatable bonds is 2. The molecule has 0 saturated heterocycles. The summed E-state index contributed by atoms with van der Waals surface area (Å²) in [5.74, 6) is 0.885. The highest BCUT2D eigenvalue weighted by molar-refractivity contribution is 9.11. The third-order valence-electron chi connectivity index (χ3n) is 2.01. The lowest BCUT2D eigenvalue weighted by atomic mass is 10.5. The smallest absolute Gasteiger partial charge is 0.197 e. The first-order chi connectivity index (χ1) is 7.58. The van der Waals surface area contributed by atoms with Gasteiger partial charge in [-0.2, -0.15) is 0 Å². The second-order valence-corrected chi connectivity index (χ2v) is 5.86. The van der Waals surface area contributed by atoms with Gasteiger partial charge in [-0.1, -0.05) is 0 Å². The minimum Gasteiger partial charge on any atom is -0.309 e. The summed E-state index contributed by atoms with van der Waals surface area (Å²) >= 11 is 8.31. The van der Waals surface area contributed by atoms with Crippen LogP contribution in [0.2, 0.25) is 0 Å². The van der Waals surface area contributed by atoms with E-state index in [2.05, 4.69) is 47.0 Å². The second kappa shape index (κ2) is 4.85. The monoisotopic (exact) mass is 362 g/mol. The van der Waals surface area contributed by atoms with E-state index in [1.165, 1.54) is 11.8 Å². The molecule has 0 unspecified atom stereocenters. The molecule has 0 radical (unpaired) electrons. The van der Waals surface area contributed by atoms with Crippen molar-refractivity contribution in [1.82, 2.24) is 19.7 Å². The standard InChI is InChI=1S/C9H8Br2N4S/c1-5-13-14-9(15(5)2)16-8-7(11)3-6(10)4-12-8/h3-4H,1-2H3. The fourth-order valence-electron chi connectivity index (χ4n) is 1.04. The summed E-state index contributed by atoms with van der Waals surface area (Å²) in [6, 6.07) is 1.96. The zero-order valence-electron chi connectivity index (χ0n) is 8.61. The molecule has 0 saturated carbocycles. The Morgan fingerprint density at radius 1 is 1.31 bits per heavy atom. The van der Waals surface area contributed by atoms with E-state index in [1.807, 2.05) is 24.6 Å². The number of hydrogen-bond donors (Lipinski definition) is 0. The predicted octanol–water partition coefficient (Wildman–Crippen LogP) is 3.19. The van der Waals surface area contributed by atoms with E-state index < -0.39 is 0 Å². The van der Waals surface area contributed by atoms with Gasteiger partial charge in [0.2, 0.25) is 0 Å². The van der Waals surface area contributed by atoms with Gasteiger partial charge in [0.1, 0.15) is 10.9 Å². The molecule has 7 heteroatoms. The molecule has 0 bridgehead atoms. The quantitative estimate of drug-likeness (QED) is 0.821. The van der Waals surface area contributed by atoms with Gasteiger partial charge in [-0.05, 0) is 56.6 Å². The van der Waals surface area contributed by atoms with Crippen LogP contribution in [0.5, 0.6) is 0 Å². The van der Waals surface area contributed by atoms with Gasteiger partial charge >= 0.3 is 0 Å². The van der Waals surface area contributed by atoms with Gasteiger partial charge in [0.15, 0.2) is 5.16 Å². The number of pyridine rings is 1. The van der Waals surface area contributed by atoms with Crippen LogP contribution >= 0.6 is 43.6 Å². The molecule has 2 aromatic heterocycles. The Morgan fingerprint density at radius 3 is 2.62 bits per heavy atom. The predicted molar refractivity (Wildman–Crippen MR) is 69.5 cm³/mol. The van der Waals surface area contributed by atoms with Gasteiger partial charge in [0.25, 0.3) is 0 Å². The SMILES string of the molecule is Cc1nnc(Sc2ncc(Br)cc2Br)n1C. The number of aryl methyl sites for hydroxylation is 1. The molecule has 0 fully saturated rings. The molecule has 0 spiro atoms. The molecule has 16 heavy (non-hydrogen) atoms. The molecule has 4 nitrogen and oxygen atoms in total. The van der Waals surface area contributed by atoms with Crippen molar-refractivity contribution in [3.63, 3.8) is 0 Å². The maximum atomic E-state index is 4.31. The van der Waals surface area contributed by atoms with E-state index in [0.29, 0.717) is 0 Å². The summed E-state index contributed by atoms with van der Waals surface area (Å²) in [5.41, 5.74) is 0. The van der Waals surface area contributed by atoms with E-state index in [9.17, 15) is 0 Å². The molecule has 0 aliphatic rings. The van der Waals surface area contributed by atoms with Crippen LogP contribution in [0.3, 0.4) is 0 Å². The van der Waals surface area contributed by atoms with Crippen LogP contribution < -0.4 is 0 Å². The van der Waals surface area contributed by atoms with E-state index >= 15 is 0 Å². The molecule has 0 amide bonds. The second-order valence-electron chi connectivity index (χ2n) is 3.13. The van der Waals surface area contributed by atoms with Crippen molar-refractivity contribution in [1.29, 1.82) is 0 Å². The average molecular weight is 364 g/mol. The number of hydrogen-bond acceptors (Lipinski definition) is 4. The number of halogens is 2. The molecule has 84 valence electrons. The zero-order chi connectivity index (χ0) is 11.7. The van der Waals surface area contributed by atoms with Gasteiger partial charge in [-0.25, -0.2) is 4.98 Å². The normalized spacial score (nSPS) is 10.8. The molecule has 0 atom stereocenters. The lowest BCUT2D eigenvalue weighted by molar-refractivity contribution is 0.764. The summed E-state index contributed by atoms with van der Waals surface area (Å²) in [7, 11) is 1.93. The highest BCUT2D eigenvalue weighted by Gasteiger charge is 2.10. The number of aromatic nitrogens is 4. The van der Waals surface area contributed by atoms with Gasteiger partial charge < -0.3 is 4.57 Å². The Balaban J connectivity index is 2.30. The summed E-state index contributed by atoms with van der Waals surface area (Å²) in [5, 5.41) is 9.78. The Bertz CT molecular complexity index is 526. The zero-order valence-corrected chi connectivity index (χ0v) is 12.6. The van der Waals surface area contributed by atoms with Gasteiger partial charge in [-0.15, -0.1) is 10.2 Å². The van der Waals surface area contributed by atoms with Crippen LogP contribution in [0.25, 0.3) is 0 Å². The van der Waals surface area contributed by atoms with Crippen molar-refractivity contribution in [3.8, 4) is 0 Å². The molecule has 0 N–H and O–H groups in total. The maximum absolute atomic E-state index is 4.31. The first-order valence-corrected chi connectivity index (χ1v) is 6.83. The molecule has 2 aromatic rings. The molecule has 0 aliphatic heterocycles. The number of nitrogens with zero attached hydrogens (tertiary/aromatic N) is 4. The fraction of sp³-hybridized carbons (Fsp3) is 0.222. The van der Waals surface area contributed by atoms with Crippen molar-refractivity contribution in [2.45, 2.75) is 17.1 Å². The largest absolute Gasteiger partial charge is 0.309 e. The van der Waals surface area contributed by atoms with E-state index in [0.717, 1.165) is 25.0 Å². The van der Waals surface area contributed by atoms with Crippen LogP contribution in [0, 0.1) is 6.92 Å². The molecular weight excluding hydrogens is 356 g/mol. The minimum absolute atomic E-state index is 0.827. The Kier molecular flexibility index (Phi) is 3.66. The van der Waals surface area contributed by atoms with Crippen LogP contribution in [0.1, 0.15) is 5.82 Å². The van der Waals surface area contributed by atoms with Crippen molar-refractivity contribution in [2.24, 2.45) is 7.05 Å². The molecular formula is C9H8Br2N4S. The summed E-state index contributed by atoms with van der Waals surface area (Å²) in [6.45, 7) is 1.92. The van der Waals surface area contributed by atoms with Crippen LogP contribution in [0.4, 0.5) is 0 Å². The van der Waals surface area contributed by atoms with Crippen LogP contribution in [-0.4, -0.2) is 19.7 Å². The van der Waals surface area contributed by atoms with E-state index in [4.69, 9.17) is 0 Å². The Hall–Kier alpha value is -0.400. The summed E-state index contributed by atoms with van der Waals surface area (Å²) < 4.78 is 3.81. The topological polar surface area (TPSA) is 43.6 Å². The van der Waals surface area contributed by atoms with E-state index in [-0.39, 0.29) is 0 Å². The van der Waals surface area contributed by atoms with Gasteiger partial charge in [-0.3, -0.25) is 0 Å². The lowest BCUT2D eigenvalue weighted by Gasteiger charge is -2.03. The van der Waals surface area contributed by atoms with Crippen molar-refractivity contribution < 1.29 is 0 Å². The summed E-state index contributed by atoms with van der Waals surface area (Å²) in [6.07, 6.45) is 1.76. The lowest BCUT2D eigenvalue weighted by Crippen LogP contribution is -1.94. The van der Waals surface area contributed by atoms with E-state index in [1.54, 1.807) is 6.20 Å². The first kappa shape index (κ1) is 12.1. The van der Waals surface area contributed by atoms with Crippen LogP contribution in [0.15, 0.2) is 31.4 Å². The molecule has 0 aromatic carbocycles. The minimum atomic E-state index is 0.827. The third-order valence-corrected chi connectivity index (χ3v) is 4.37. The van der Waals surface area contributed by atoms with Gasteiger partial charge in [0, 0.05) is 17.7 Å².